The van der Waals surface area contributed by atoms with E-state index in [2.05, 4.69) is 5.32 Å². The largest absolute Gasteiger partial charge is 0.446 e. The molecule has 6 heteroatoms. The van der Waals surface area contributed by atoms with Gasteiger partial charge in [-0.3, -0.25) is 0 Å². The van der Waals surface area contributed by atoms with Gasteiger partial charge in [-0.05, 0) is 54.1 Å². The van der Waals surface area contributed by atoms with Crippen LogP contribution in [0.2, 0.25) is 0 Å². The number of rotatable bonds is 8. The topological polar surface area (TPSA) is 21.3 Å². The Morgan fingerprint density at radius 1 is 1.24 bits per heavy atom. The smallest absolute Gasteiger partial charge is 0.385 e. The molecule has 0 atom stereocenters. The maximum absolute atomic E-state index is 12.2. The molecule has 21 heavy (non-hydrogen) atoms. The zero-order chi connectivity index (χ0) is 15.3. The summed E-state index contributed by atoms with van der Waals surface area (Å²) in [6.07, 6.45) is 3.52. The lowest BCUT2D eigenvalue weighted by atomic mass is 10.0. The molecule has 1 aromatic rings. The van der Waals surface area contributed by atoms with E-state index in [0.29, 0.717) is 12.0 Å². The quantitative estimate of drug-likeness (QED) is 0.726. The fourth-order valence-corrected chi connectivity index (χ4v) is 2.83. The highest BCUT2D eigenvalue weighted by molar-refractivity contribution is 8.00. The van der Waals surface area contributed by atoms with Gasteiger partial charge in [-0.1, -0.05) is 12.1 Å². The molecule has 1 N–H and O–H groups in total. The predicted octanol–water partition coefficient (Wildman–Crippen LogP) is 4.20. The van der Waals surface area contributed by atoms with E-state index in [1.54, 1.807) is 19.2 Å². The molecule has 0 bridgehead atoms. The molecule has 0 saturated heterocycles. The van der Waals surface area contributed by atoms with Crippen LogP contribution in [-0.4, -0.2) is 25.8 Å². The number of hydrogen-bond acceptors (Lipinski definition) is 3. The highest BCUT2D eigenvalue weighted by atomic mass is 32.2. The molecule has 0 unspecified atom stereocenters. The van der Waals surface area contributed by atoms with Gasteiger partial charge in [-0.25, -0.2) is 0 Å². The van der Waals surface area contributed by atoms with E-state index in [-0.39, 0.29) is 16.7 Å². The van der Waals surface area contributed by atoms with E-state index in [1.165, 1.54) is 25.0 Å². The molecule has 1 fully saturated rings. The first kappa shape index (κ1) is 16.6. The second-order valence-corrected chi connectivity index (χ2v) is 6.68. The first-order valence-electron chi connectivity index (χ1n) is 6.97. The molecule has 2 nitrogen and oxygen atoms in total. The van der Waals surface area contributed by atoms with Crippen molar-refractivity contribution in [2.45, 2.75) is 36.2 Å². The van der Waals surface area contributed by atoms with Crippen molar-refractivity contribution in [3.05, 3.63) is 29.8 Å². The molecule has 0 spiro atoms. The average molecular weight is 319 g/mol. The SMILES string of the molecule is COCCC1(CNCc2ccc(SC(F)(F)F)cc2)CC1. The number of alkyl halides is 3. The highest BCUT2D eigenvalue weighted by Gasteiger charge is 2.41. The molecule has 0 radical (unpaired) electrons. The molecule has 1 aromatic carbocycles. The number of halogens is 3. The summed E-state index contributed by atoms with van der Waals surface area (Å²) < 4.78 is 41.8. The maximum Gasteiger partial charge on any atom is 0.446 e. The fraction of sp³-hybridized carbons (Fsp3) is 0.600. The normalized spacial score (nSPS) is 17.0. The summed E-state index contributed by atoms with van der Waals surface area (Å²) in [4.78, 5) is 0.227. The van der Waals surface area contributed by atoms with Crippen LogP contribution < -0.4 is 5.32 Å². The Bertz CT molecular complexity index is 443. The van der Waals surface area contributed by atoms with Gasteiger partial charge in [0.2, 0.25) is 0 Å². The summed E-state index contributed by atoms with van der Waals surface area (Å²) in [5, 5.41) is 3.40. The number of benzene rings is 1. The Hall–Kier alpha value is -0.720. The average Bonchev–Trinajstić information content (AvgIpc) is 3.17. The Morgan fingerprint density at radius 3 is 2.43 bits per heavy atom. The van der Waals surface area contributed by atoms with Crippen molar-refractivity contribution in [2.75, 3.05) is 20.3 Å². The molecule has 1 aliphatic carbocycles. The van der Waals surface area contributed by atoms with Gasteiger partial charge in [0.15, 0.2) is 0 Å². The van der Waals surface area contributed by atoms with Crippen molar-refractivity contribution < 1.29 is 17.9 Å². The van der Waals surface area contributed by atoms with Gasteiger partial charge in [-0.2, -0.15) is 13.2 Å². The predicted molar refractivity (Wildman–Crippen MR) is 78.2 cm³/mol. The van der Waals surface area contributed by atoms with Crippen LogP contribution in [0.5, 0.6) is 0 Å². The van der Waals surface area contributed by atoms with Crippen LogP contribution in [0.1, 0.15) is 24.8 Å². The summed E-state index contributed by atoms with van der Waals surface area (Å²) in [6, 6.07) is 6.53. The summed E-state index contributed by atoms with van der Waals surface area (Å²) >= 11 is -0.0777. The van der Waals surface area contributed by atoms with Gasteiger partial charge >= 0.3 is 5.51 Å². The Morgan fingerprint density at radius 2 is 1.90 bits per heavy atom. The van der Waals surface area contributed by atoms with Gasteiger partial charge in [0.1, 0.15) is 0 Å². The molecule has 118 valence electrons. The third kappa shape index (κ3) is 5.88. The Kier molecular flexibility index (Phi) is 5.57. The van der Waals surface area contributed by atoms with Crippen LogP contribution >= 0.6 is 11.8 Å². The van der Waals surface area contributed by atoms with Gasteiger partial charge in [0, 0.05) is 31.7 Å². The minimum atomic E-state index is -4.22. The first-order valence-corrected chi connectivity index (χ1v) is 7.78. The van der Waals surface area contributed by atoms with Crippen LogP contribution in [0.15, 0.2) is 29.2 Å². The molecule has 0 heterocycles. The van der Waals surface area contributed by atoms with Crippen molar-refractivity contribution in [1.82, 2.24) is 5.32 Å². The lowest BCUT2D eigenvalue weighted by molar-refractivity contribution is -0.0328. The third-order valence-corrected chi connectivity index (χ3v) is 4.52. The molecule has 1 saturated carbocycles. The number of methoxy groups -OCH3 is 1. The van der Waals surface area contributed by atoms with Crippen molar-refractivity contribution in [3.63, 3.8) is 0 Å². The minimum Gasteiger partial charge on any atom is -0.385 e. The van der Waals surface area contributed by atoms with Crippen molar-refractivity contribution >= 4 is 11.8 Å². The van der Waals surface area contributed by atoms with Crippen molar-refractivity contribution in [1.29, 1.82) is 0 Å². The molecule has 1 aliphatic rings. The summed E-state index contributed by atoms with van der Waals surface area (Å²) in [5.41, 5.74) is -2.84. The van der Waals surface area contributed by atoms with Crippen LogP contribution in [-0.2, 0) is 11.3 Å². The van der Waals surface area contributed by atoms with Crippen LogP contribution in [0, 0.1) is 5.41 Å². The lowest BCUT2D eigenvalue weighted by Crippen LogP contribution is -2.24. The monoisotopic (exact) mass is 319 g/mol. The lowest BCUT2D eigenvalue weighted by Gasteiger charge is -2.15. The van der Waals surface area contributed by atoms with E-state index in [0.717, 1.165) is 25.1 Å². The zero-order valence-corrected chi connectivity index (χ0v) is 12.8. The fourth-order valence-electron chi connectivity index (χ4n) is 2.29. The summed E-state index contributed by atoms with van der Waals surface area (Å²) in [6.45, 7) is 2.41. The number of thioether (sulfide) groups is 1. The number of hydrogen-bond donors (Lipinski definition) is 1. The van der Waals surface area contributed by atoms with E-state index < -0.39 is 5.51 Å². The Labute approximate surface area is 127 Å². The molecule has 0 aromatic heterocycles. The number of ether oxygens (including phenoxy) is 1. The molecule has 2 rings (SSSR count). The van der Waals surface area contributed by atoms with Gasteiger partial charge in [0.05, 0.1) is 0 Å². The van der Waals surface area contributed by atoms with E-state index in [9.17, 15) is 13.2 Å². The third-order valence-electron chi connectivity index (χ3n) is 3.78. The van der Waals surface area contributed by atoms with Gasteiger partial charge in [0.25, 0.3) is 0 Å². The van der Waals surface area contributed by atoms with Crippen LogP contribution in [0.25, 0.3) is 0 Å². The van der Waals surface area contributed by atoms with Gasteiger partial charge < -0.3 is 10.1 Å². The molecule has 0 aliphatic heterocycles. The molecular formula is C15H20F3NOS. The zero-order valence-electron chi connectivity index (χ0n) is 12.0. The maximum atomic E-state index is 12.2. The van der Waals surface area contributed by atoms with E-state index in [4.69, 9.17) is 4.74 Å². The molecular weight excluding hydrogens is 299 g/mol. The first-order chi connectivity index (χ1) is 9.92. The van der Waals surface area contributed by atoms with E-state index >= 15 is 0 Å². The van der Waals surface area contributed by atoms with E-state index in [1.807, 2.05) is 0 Å². The second-order valence-electron chi connectivity index (χ2n) is 5.54. The van der Waals surface area contributed by atoms with Gasteiger partial charge in [-0.15, -0.1) is 0 Å². The van der Waals surface area contributed by atoms with Crippen molar-refractivity contribution in [2.24, 2.45) is 5.41 Å². The second kappa shape index (κ2) is 7.03. The minimum absolute atomic E-state index is 0.0777. The summed E-state index contributed by atoms with van der Waals surface area (Å²) in [7, 11) is 1.71. The standard InChI is InChI=1S/C15H20F3NOS/c1-20-9-8-14(6-7-14)11-19-10-12-2-4-13(5-3-12)21-15(16,17)18/h2-5,19H,6-11H2,1H3. The van der Waals surface area contributed by atoms with Crippen LogP contribution in [0.3, 0.4) is 0 Å². The number of nitrogens with one attached hydrogen (secondary N) is 1. The highest BCUT2D eigenvalue weighted by Crippen LogP contribution is 2.48. The summed E-state index contributed by atoms with van der Waals surface area (Å²) in [5.74, 6) is 0. The Balaban J connectivity index is 1.74. The van der Waals surface area contributed by atoms with Crippen molar-refractivity contribution in [3.8, 4) is 0 Å². The van der Waals surface area contributed by atoms with Crippen LogP contribution in [0.4, 0.5) is 13.2 Å². The molecule has 0 amide bonds.